The second-order valence-electron chi connectivity index (χ2n) is 7.83. The topological polar surface area (TPSA) is 27.7 Å². The fraction of sp³-hybridized carbons (Fsp3) is 1.00. The summed E-state index contributed by atoms with van der Waals surface area (Å²) in [5.41, 5.74) is -0.145. The van der Waals surface area contributed by atoms with Crippen molar-refractivity contribution in [2.75, 3.05) is 0 Å². The molecule has 1 saturated heterocycles. The molecule has 4 heteroatoms. The average molecular weight is 310 g/mol. The van der Waals surface area contributed by atoms with Crippen LogP contribution in [0.4, 0.5) is 0 Å². The second-order valence-corrected chi connectivity index (χ2v) is 7.83. The maximum Gasteiger partial charge on any atom is 0.640 e. The molecule has 0 spiro atoms. The summed E-state index contributed by atoms with van der Waals surface area (Å²) in [4.78, 5) is 0. The van der Waals surface area contributed by atoms with E-state index in [9.17, 15) is 0 Å². The molecule has 1 aliphatic heterocycles. The van der Waals surface area contributed by atoms with Gasteiger partial charge in [-0.15, -0.1) is 0 Å². The molecule has 0 N–H and O–H groups in total. The van der Waals surface area contributed by atoms with Crippen molar-refractivity contribution < 1.29 is 14.0 Å². The standard InChI is InChI=1S/C18H35BO3/c1-16-15-18(2,3)22-19(20-16)21-17-13-11-9-7-5-4-6-8-10-12-14-17/h16-17H,4-15H2,1-3H3. The molecule has 3 nitrogen and oxygen atoms in total. The number of hydrogen-bond donors (Lipinski definition) is 0. The van der Waals surface area contributed by atoms with Crippen LogP contribution < -0.4 is 0 Å². The smallest absolute Gasteiger partial charge is 0.383 e. The Bertz CT molecular complexity index is 297. The zero-order valence-corrected chi connectivity index (χ0v) is 14.9. The Morgan fingerprint density at radius 1 is 0.864 bits per heavy atom. The van der Waals surface area contributed by atoms with Crippen LogP contribution in [-0.4, -0.2) is 25.1 Å². The van der Waals surface area contributed by atoms with Gasteiger partial charge in [0.2, 0.25) is 0 Å². The molecule has 128 valence electrons. The molecule has 0 amide bonds. The van der Waals surface area contributed by atoms with Crippen LogP contribution in [0.5, 0.6) is 0 Å². The van der Waals surface area contributed by atoms with Gasteiger partial charge >= 0.3 is 7.32 Å². The first-order valence-electron chi connectivity index (χ1n) is 9.54. The molecule has 0 radical (unpaired) electrons. The van der Waals surface area contributed by atoms with Crippen molar-refractivity contribution in [3.63, 3.8) is 0 Å². The van der Waals surface area contributed by atoms with Gasteiger partial charge in [0.05, 0.1) is 5.60 Å². The van der Waals surface area contributed by atoms with Crippen molar-refractivity contribution in [2.24, 2.45) is 0 Å². The van der Waals surface area contributed by atoms with Crippen molar-refractivity contribution in [3.05, 3.63) is 0 Å². The van der Waals surface area contributed by atoms with E-state index in [0.717, 1.165) is 19.3 Å². The van der Waals surface area contributed by atoms with Gasteiger partial charge in [-0.25, -0.2) is 0 Å². The Hall–Kier alpha value is -0.0551. The highest BCUT2D eigenvalue weighted by atomic mass is 16.8. The molecule has 0 aromatic heterocycles. The highest BCUT2D eigenvalue weighted by Crippen LogP contribution is 2.28. The largest absolute Gasteiger partial charge is 0.640 e. The Morgan fingerprint density at radius 3 is 1.86 bits per heavy atom. The van der Waals surface area contributed by atoms with E-state index in [-0.39, 0.29) is 11.7 Å². The molecule has 1 aliphatic carbocycles. The highest BCUT2D eigenvalue weighted by molar-refractivity contribution is 6.36. The third-order valence-corrected chi connectivity index (χ3v) is 4.89. The lowest BCUT2D eigenvalue weighted by Crippen LogP contribution is -2.48. The van der Waals surface area contributed by atoms with Gasteiger partial charge in [0.1, 0.15) is 0 Å². The Kier molecular flexibility index (Phi) is 7.72. The molecule has 2 rings (SSSR count). The summed E-state index contributed by atoms with van der Waals surface area (Å²) < 4.78 is 18.0. The summed E-state index contributed by atoms with van der Waals surface area (Å²) in [5.74, 6) is 0. The van der Waals surface area contributed by atoms with Crippen molar-refractivity contribution in [1.29, 1.82) is 0 Å². The number of hydrogen-bond acceptors (Lipinski definition) is 3. The summed E-state index contributed by atoms with van der Waals surface area (Å²) in [5, 5.41) is 0. The predicted molar refractivity (Wildman–Crippen MR) is 91.7 cm³/mol. The summed E-state index contributed by atoms with van der Waals surface area (Å²) in [7, 11) is -0.475. The zero-order valence-electron chi connectivity index (χ0n) is 14.9. The molecule has 2 fully saturated rings. The van der Waals surface area contributed by atoms with Gasteiger partial charge in [0.15, 0.2) is 0 Å². The molecule has 1 saturated carbocycles. The first-order valence-corrected chi connectivity index (χ1v) is 9.54. The van der Waals surface area contributed by atoms with Crippen LogP contribution in [0.2, 0.25) is 0 Å². The zero-order chi connectivity index (χ0) is 15.8. The summed E-state index contributed by atoms with van der Waals surface area (Å²) in [6, 6.07) is 0. The Labute approximate surface area is 137 Å². The van der Waals surface area contributed by atoms with E-state index in [4.69, 9.17) is 14.0 Å². The van der Waals surface area contributed by atoms with Gasteiger partial charge in [-0.2, -0.15) is 0 Å². The van der Waals surface area contributed by atoms with Crippen molar-refractivity contribution in [1.82, 2.24) is 0 Å². The molecular weight excluding hydrogens is 275 g/mol. The maximum absolute atomic E-state index is 6.20. The van der Waals surface area contributed by atoms with E-state index in [0.29, 0.717) is 6.10 Å². The lowest BCUT2D eigenvalue weighted by Gasteiger charge is -2.38. The van der Waals surface area contributed by atoms with Crippen LogP contribution in [0.1, 0.15) is 97.8 Å². The SMILES string of the molecule is CC1CC(C)(C)OB(OC2CCCCCCCCCCC2)O1. The maximum atomic E-state index is 6.20. The molecule has 22 heavy (non-hydrogen) atoms. The van der Waals surface area contributed by atoms with E-state index in [1.807, 2.05) is 0 Å². The summed E-state index contributed by atoms with van der Waals surface area (Å²) >= 11 is 0. The lowest BCUT2D eigenvalue weighted by molar-refractivity contribution is -0.0808. The first kappa shape index (κ1) is 18.3. The van der Waals surface area contributed by atoms with Gasteiger partial charge in [-0.1, -0.05) is 57.8 Å². The molecular formula is C18H35BO3. The summed E-state index contributed by atoms with van der Waals surface area (Å²) in [6.07, 6.45) is 16.0. The molecule has 1 heterocycles. The fourth-order valence-corrected chi connectivity index (χ4v) is 3.75. The van der Waals surface area contributed by atoms with E-state index < -0.39 is 7.32 Å². The van der Waals surface area contributed by atoms with E-state index >= 15 is 0 Å². The van der Waals surface area contributed by atoms with Gasteiger partial charge in [-0.3, -0.25) is 0 Å². The van der Waals surface area contributed by atoms with Gasteiger partial charge in [-0.05, 0) is 40.0 Å². The van der Waals surface area contributed by atoms with E-state index in [1.165, 1.54) is 57.8 Å². The minimum Gasteiger partial charge on any atom is -0.383 e. The van der Waals surface area contributed by atoms with Crippen LogP contribution in [-0.2, 0) is 14.0 Å². The summed E-state index contributed by atoms with van der Waals surface area (Å²) in [6.45, 7) is 6.37. The predicted octanol–water partition coefficient (Wildman–Crippen LogP) is 5.27. The monoisotopic (exact) mass is 310 g/mol. The van der Waals surface area contributed by atoms with Crippen molar-refractivity contribution in [2.45, 2.75) is 116 Å². The minimum atomic E-state index is -0.475. The third-order valence-electron chi connectivity index (χ3n) is 4.89. The van der Waals surface area contributed by atoms with Gasteiger partial charge < -0.3 is 14.0 Å². The Morgan fingerprint density at radius 2 is 1.36 bits per heavy atom. The minimum absolute atomic E-state index is 0.145. The van der Waals surface area contributed by atoms with E-state index in [2.05, 4.69) is 20.8 Å². The molecule has 0 aromatic carbocycles. The van der Waals surface area contributed by atoms with Crippen LogP contribution in [0, 0.1) is 0 Å². The second kappa shape index (κ2) is 9.29. The molecule has 1 unspecified atom stereocenters. The van der Waals surface area contributed by atoms with Crippen molar-refractivity contribution in [3.8, 4) is 0 Å². The van der Waals surface area contributed by atoms with Crippen LogP contribution in [0.15, 0.2) is 0 Å². The van der Waals surface area contributed by atoms with Crippen molar-refractivity contribution >= 4 is 7.32 Å². The number of rotatable bonds is 2. The molecule has 0 bridgehead atoms. The average Bonchev–Trinajstić information content (AvgIpc) is 2.39. The van der Waals surface area contributed by atoms with Crippen LogP contribution in [0.25, 0.3) is 0 Å². The lowest BCUT2D eigenvalue weighted by atomic mass is 9.94. The molecule has 2 aliphatic rings. The molecule has 0 aromatic rings. The normalized spacial score (nSPS) is 29.6. The van der Waals surface area contributed by atoms with Gasteiger partial charge in [0, 0.05) is 12.2 Å². The van der Waals surface area contributed by atoms with Crippen LogP contribution in [0.3, 0.4) is 0 Å². The molecule has 1 atom stereocenters. The highest BCUT2D eigenvalue weighted by Gasteiger charge is 2.40. The third kappa shape index (κ3) is 7.01. The van der Waals surface area contributed by atoms with E-state index in [1.54, 1.807) is 0 Å². The quantitative estimate of drug-likeness (QED) is 0.651. The fourth-order valence-electron chi connectivity index (χ4n) is 3.75. The van der Waals surface area contributed by atoms with Gasteiger partial charge in [0.25, 0.3) is 0 Å². The van der Waals surface area contributed by atoms with Crippen LogP contribution >= 0.6 is 0 Å². The first-order chi connectivity index (χ1) is 10.6. The Balaban J connectivity index is 1.81.